The summed E-state index contributed by atoms with van der Waals surface area (Å²) in [7, 11) is 1.63. The van der Waals surface area contributed by atoms with Crippen molar-refractivity contribution >= 4 is 11.6 Å². The molecule has 0 unspecified atom stereocenters. The number of rotatable bonds is 2. The van der Waals surface area contributed by atoms with Gasteiger partial charge in [-0.2, -0.15) is 0 Å². The van der Waals surface area contributed by atoms with Crippen LogP contribution in [0.3, 0.4) is 0 Å². The van der Waals surface area contributed by atoms with Crippen molar-refractivity contribution in [2.45, 2.75) is 13.8 Å². The normalized spacial score (nSPS) is 10.4. The van der Waals surface area contributed by atoms with E-state index in [1.165, 1.54) is 0 Å². The third kappa shape index (κ3) is 2.39. The molecule has 2 rings (SSSR count). The summed E-state index contributed by atoms with van der Waals surface area (Å²) in [6.07, 6.45) is 1.75. The minimum atomic E-state index is 0.656. The number of halogens is 1. The van der Waals surface area contributed by atoms with Crippen molar-refractivity contribution < 1.29 is 4.74 Å². The van der Waals surface area contributed by atoms with Gasteiger partial charge in [-0.05, 0) is 32.0 Å². The summed E-state index contributed by atoms with van der Waals surface area (Å²) >= 11 is 6.01. The SMILES string of the molecule is COc1ccc(Cl)cc1-c1nc(C)cnc1C. The molecule has 1 heterocycles. The topological polar surface area (TPSA) is 35.0 Å². The molecule has 0 atom stereocenters. The molecule has 0 spiro atoms. The molecule has 4 heteroatoms. The van der Waals surface area contributed by atoms with Gasteiger partial charge in [0.2, 0.25) is 0 Å². The number of hydrogen-bond donors (Lipinski definition) is 0. The monoisotopic (exact) mass is 248 g/mol. The van der Waals surface area contributed by atoms with Crippen molar-refractivity contribution in [2.24, 2.45) is 0 Å². The predicted octanol–water partition coefficient (Wildman–Crippen LogP) is 3.42. The number of methoxy groups -OCH3 is 1. The van der Waals surface area contributed by atoms with Crippen LogP contribution in [0.25, 0.3) is 11.3 Å². The van der Waals surface area contributed by atoms with Crippen LogP contribution in [-0.2, 0) is 0 Å². The first kappa shape index (κ1) is 11.9. The van der Waals surface area contributed by atoms with E-state index in [9.17, 15) is 0 Å². The number of nitrogens with zero attached hydrogens (tertiary/aromatic N) is 2. The molecule has 0 bridgehead atoms. The molecule has 0 aliphatic heterocycles. The van der Waals surface area contributed by atoms with Gasteiger partial charge in [-0.25, -0.2) is 4.98 Å². The van der Waals surface area contributed by atoms with Crippen LogP contribution < -0.4 is 4.74 Å². The van der Waals surface area contributed by atoms with Gasteiger partial charge in [0.1, 0.15) is 5.75 Å². The fraction of sp³-hybridized carbons (Fsp3) is 0.231. The van der Waals surface area contributed by atoms with Gasteiger partial charge in [0.15, 0.2) is 0 Å². The van der Waals surface area contributed by atoms with Gasteiger partial charge in [0.05, 0.1) is 24.2 Å². The van der Waals surface area contributed by atoms with Crippen LogP contribution in [0.2, 0.25) is 5.02 Å². The molecule has 1 aromatic heterocycles. The van der Waals surface area contributed by atoms with Crippen LogP contribution in [0.1, 0.15) is 11.4 Å². The molecule has 2 aromatic rings. The summed E-state index contributed by atoms with van der Waals surface area (Å²) < 4.78 is 5.32. The first-order valence-corrected chi connectivity index (χ1v) is 5.64. The van der Waals surface area contributed by atoms with E-state index >= 15 is 0 Å². The van der Waals surface area contributed by atoms with E-state index in [-0.39, 0.29) is 0 Å². The van der Waals surface area contributed by atoms with E-state index in [0.717, 1.165) is 28.4 Å². The van der Waals surface area contributed by atoms with Gasteiger partial charge in [-0.15, -0.1) is 0 Å². The Morgan fingerprint density at radius 1 is 1.24 bits per heavy atom. The van der Waals surface area contributed by atoms with E-state index in [1.807, 2.05) is 26.0 Å². The lowest BCUT2D eigenvalue weighted by Crippen LogP contribution is -1.96. The van der Waals surface area contributed by atoms with Crippen LogP contribution in [0.5, 0.6) is 5.75 Å². The number of aromatic nitrogens is 2. The highest BCUT2D eigenvalue weighted by molar-refractivity contribution is 6.30. The Hall–Kier alpha value is -1.61. The standard InChI is InChI=1S/C13H13ClN2O/c1-8-7-15-9(2)13(16-8)11-6-10(14)4-5-12(11)17-3/h4-7H,1-3H3. The molecule has 0 N–H and O–H groups in total. The molecule has 0 radical (unpaired) electrons. The van der Waals surface area contributed by atoms with E-state index in [0.29, 0.717) is 5.02 Å². The molecule has 0 saturated heterocycles. The zero-order valence-electron chi connectivity index (χ0n) is 9.99. The van der Waals surface area contributed by atoms with Crippen LogP contribution in [0.15, 0.2) is 24.4 Å². The maximum Gasteiger partial charge on any atom is 0.128 e. The Morgan fingerprint density at radius 2 is 2.00 bits per heavy atom. The van der Waals surface area contributed by atoms with Crippen molar-refractivity contribution in [3.8, 4) is 17.0 Å². The molecule has 88 valence electrons. The van der Waals surface area contributed by atoms with Gasteiger partial charge in [0, 0.05) is 16.8 Å². The van der Waals surface area contributed by atoms with Crippen LogP contribution in [-0.4, -0.2) is 17.1 Å². The Bertz CT molecular complexity index is 555. The van der Waals surface area contributed by atoms with Crippen molar-refractivity contribution in [3.63, 3.8) is 0 Å². The number of aryl methyl sites for hydroxylation is 2. The highest BCUT2D eigenvalue weighted by Crippen LogP contribution is 2.32. The quantitative estimate of drug-likeness (QED) is 0.817. The van der Waals surface area contributed by atoms with E-state index in [1.54, 1.807) is 19.4 Å². The number of ether oxygens (including phenoxy) is 1. The molecular formula is C13H13ClN2O. The highest BCUT2D eigenvalue weighted by Gasteiger charge is 2.11. The third-order valence-corrected chi connectivity index (χ3v) is 2.73. The van der Waals surface area contributed by atoms with Crippen LogP contribution >= 0.6 is 11.6 Å². The summed E-state index contributed by atoms with van der Waals surface area (Å²) in [5, 5.41) is 0.656. The maximum atomic E-state index is 6.01. The van der Waals surface area contributed by atoms with E-state index < -0.39 is 0 Å². The van der Waals surface area contributed by atoms with Crippen molar-refractivity contribution in [1.82, 2.24) is 9.97 Å². The summed E-state index contributed by atoms with van der Waals surface area (Å²) in [5.41, 5.74) is 3.40. The minimum absolute atomic E-state index is 0.656. The smallest absolute Gasteiger partial charge is 0.128 e. The van der Waals surface area contributed by atoms with Gasteiger partial charge in [0.25, 0.3) is 0 Å². The Kier molecular flexibility index (Phi) is 3.29. The largest absolute Gasteiger partial charge is 0.496 e. The predicted molar refractivity (Wildman–Crippen MR) is 68.5 cm³/mol. The fourth-order valence-electron chi connectivity index (χ4n) is 1.66. The molecule has 0 aliphatic carbocycles. The van der Waals surface area contributed by atoms with Gasteiger partial charge in [-0.3, -0.25) is 4.98 Å². The Labute approximate surface area is 105 Å². The summed E-state index contributed by atoms with van der Waals surface area (Å²) in [4.78, 5) is 8.79. The second kappa shape index (κ2) is 4.72. The minimum Gasteiger partial charge on any atom is -0.496 e. The number of hydrogen-bond acceptors (Lipinski definition) is 3. The first-order chi connectivity index (χ1) is 8.11. The number of benzene rings is 1. The average molecular weight is 249 g/mol. The van der Waals surface area contributed by atoms with Crippen molar-refractivity contribution in [2.75, 3.05) is 7.11 Å². The first-order valence-electron chi connectivity index (χ1n) is 5.26. The molecule has 0 saturated carbocycles. The molecule has 0 amide bonds. The average Bonchev–Trinajstić information content (AvgIpc) is 2.32. The second-order valence-corrected chi connectivity index (χ2v) is 4.23. The van der Waals surface area contributed by atoms with E-state index in [2.05, 4.69) is 9.97 Å². The summed E-state index contributed by atoms with van der Waals surface area (Å²) in [6, 6.07) is 5.47. The molecule has 17 heavy (non-hydrogen) atoms. The molecule has 1 aromatic carbocycles. The lowest BCUT2D eigenvalue weighted by molar-refractivity contribution is 0.416. The van der Waals surface area contributed by atoms with Crippen molar-refractivity contribution in [1.29, 1.82) is 0 Å². The van der Waals surface area contributed by atoms with Crippen LogP contribution in [0.4, 0.5) is 0 Å². The molecule has 0 aliphatic rings. The second-order valence-electron chi connectivity index (χ2n) is 3.79. The summed E-state index contributed by atoms with van der Waals surface area (Å²) in [5.74, 6) is 0.748. The lowest BCUT2D eigenvalue weighted by atomic mass is 10.1. The van der Waals surface area contributed by atoms with Crippen LogP contribution in [0, 0.1) is 13.8 Å². The molecule has 0 fully saturated rings. The molecule has 3 nitrogen and oxygen atoms in total. The Balaban J connectivity index is 2.66. The third-order valence-electron chi connectivity index (χ3n) is 2.49. The van der Waals surface area contributed by atoms with Crippen molar-refractivity contribution in [3.05, 3.63) is 40.8 Å². The maximum absolute atomic E-state index is 6.01. The zero-order valence-corrected chi connectivity index (χ0v) is 10.7. The van der Waals surface area contributed by atoms with Gasteiger partial charge >= 0.3 is 0 Å². The van der Waals surface area contributed by atoms with Gasteiger partial charge in [-0.1, -0.05) is 11.6 Å². The highest BCUT2D eigenvalue weighted by atomic mass is 35.5. The molecular weight excluding hydrogens is 236 g/mol. The van der Waals surface area contributed by atoms with E-state index in [4.69, 9.17) is 16.3 Å². The van der Waals surface area contributed by atoms with Gasteiger partial charge < -0.3 is 4.74 Å². The fourth-order valence-corrected chi connectivity index (χ4v) is 1.83. The summed E-state index contributed by atoms with van der Waals surface area (Å²) in [6.45, 7) is 3.83. The zero-order chi connectivity index (χ0) is 12.4. The Morgan fingerprint density at radius 3 is 2.71 bits per heavy atom. The lowest BCUT2D eigenvalue weighted by Gasteiger charge is -2.10.